The van der Waals surface area contributed by atoms with Crippen molar-refractivity contribution < 1.29 is 19.0 Å². The van der Waals surface area contributed by atoms with Gasteiger partial charge in [-0.1, -0.05) is 24.3 Å². The molecule has 0 bridgehead atoms. The number of hydrogen-bond acceptors (Lipinski definition) is 3. The number of halogens is 1. The van der Waals surface area contributed by atoms with Gasteiger partial charge in [-0.05, 0) is 35.4 Å². The molecule has 0 spiro atoms. The first-order chi connectivity index (χ1) is 11.1. The average Bonchev–Trinajstić information content (AvgIpc) is 2.56. The number of morpholine rings is 1. The summed E-state index contributed by atoms with van der Waals surface area (Å²) in [6.45, 7) is 2.56. The highest BCUT2D eigenvalue weighted by Crippen LogP contribution is 2.26. The summed E-state index contributed by atoms with van der Waals surface area (Å²) in [6.07, 6.45) is 0. The number of hydrogen-bond donors (Lipinski definition) is 1. The molecule has 0 amide bonds. The van der Waals surface area contributed by atoms with E-state index in [1.54, 1.807) is 30.3 Å². The van der Waals surface area contributed by atoms with Gasteiger partial charge in [0.1, 0.15) is 5.82 Å². The molecule has 2 aromatic carbocycles. The molecule has 0 radical (unpaired) electrons. The first-order valence-electron chi connectivity index (χ1n) is 7.53. The summed E-state index contributed by atoms with van der Waals surface area (Å²) in [5, 5.41) is 9.10. The van der Waals surface area contributed by atoms with Gasteiger partial charge in [-0.2, -0.15) is 0 Å². The van der Waals surface area contributed by atoms with Gasteiger partial charge in [-0.3, -0.25) is 4.90 Å². The van der Waals surface area contributed by atoms with Gasteiger partial charge >= 0.3 is 5.97 Å². The van der Waals surface area contributed by atoms with E-state index in [0.717, 1.165) is 17.7 Å². The molecule has 1 aliphatic heterocycles. The fourth-order valence-corrected chi connectivity index (χ4v) is 2.86. The van der Waals surface area contributed by atoms with Gasteiger partial charge < -0.3 is 9.84 Å². The summed E-state index contributed by atoms with van der Waals surface area (Å²) in [6, 6.07) is 13.4. The minimum Gasteiger partial charge on any atom is -0.478 e. The molecule has 0 aromatic heterocycles. The first kappa shape index (κ1) is 15.6. The first-order valence-corrected chi connectivity index (χ1v) is 7.53. The summed E-state index contributed by atoms with van der Waals surface area (Å²) in [5.41, 5.74) is 2.23. The highest BCUT2D eigenvalue weighted by Gasteiger charge is 2.24. The molecule has 120 valence electrons. The van der Waals surface area contributed by atoms with Crippen LogP contribution in [0.4, 0.5) is 4.39 Å². The predicted molar refractivity (Wildman–Crippen MR) is 83.8 cm³/mol. The molecule has 1 saturated heterocycles. The summed E-state index contributed by atoms with van der Waals surface area (Å²) < 4.78 is 18.7. The fourth-order valence-electron chi connectivity index (χ4n) is 2.86. The lowest BCUT2D eigenvalue weighted by Gasteiger charge is -2.36. The van der Waals surface area contributed by atoms with E-state index in [1.807, 2.05) is 6.07 Å². The third kappa shape index (κ3) is 3.75. The Morgan fingerprint density at radius 3 is 2.78 bits per heavy atom. The second-order valence-electron chi connectivity index (χ2n) is 5.62. The Kier molecular flexibility index (Phi) is 4.69. The molecule has 0 saturated carbocycles. The van der Waals surface area contributed by atoms with E-state index in [2.05, 4.69) is 4.90 Å². The average molecular weight is 315 g/mol. The number of ether oxygens (including phenoxy) is 1. The molecule has 1 aliphatic rings. The Bertz CT molecular complexity index is 687. The number of carboxylic acids is 1. The van der Waals surface area contributed by atoms with Crippen molar-refractivity contribution in [3.63, 3.8) is 0 Å². The third-order valence-corrected chi connectivity index (χ3v) is 4.05. The molecule has 1 unspecified atom stereocenters. The van der Waals surface area contributed by atoms with E-state index in [0.29, 0.717) is 19.8 Å². The second kappa shape index (κ2) is 6.89. The van der Waals surface area contributed by atoms with Crippen LogP contribution in [-0.2, 0) is 11.3 Å². The molecule has 1 atom stereocenters. The number of aromatic carboxylic acids is 1. The Morgan fingerprint density at radius 1 is 1.26 bits per heavy atom. The van der Waals surface area contributed by atoms with Crippen molar-refractivity contribution in [3.05, 3.63) is 71.0 Å². The fraction of sp³-hybridized carbons (Fsp3) is 0.278. The molecular formula is C18H18FNO3. The minimum atomic E-state index is -0.927. The van der Waals surface area contributed by atoms with Crippen LogP contribution in [0, 0.1) is 5.82 Å². The van der Waals surface area contributed by atoms with Crippen molar-refractivity contribution in [2.45, 2.75) is 12.6 Å². The van der Waals surface area contributed by atoms with Gasteiger partial charge in [0.25, 0.3) is 0 Å². The zero-order chi connectivity index (χ0) is 16.2. The van der Waals surface area contributed by atoms with Crippen LogP contribution in [-0.4, -0.2) is 35.7 Å². The van der Waals surface area contributed by atoms with Gasteiger partial charge in [0, 0.05) is 13.1 Å². The van der Waals surface area contributed by atoms with E-state index in [1.165, 1.54) is 12.1 Å². The van der Waals surface area contributed by atoms with Gasteiger partial charge in [-0.15, -0.1) is 0 Å². The normalized spacial score (nSPS) is 18.7. The van der Waals surface area contributed by atoms with Crippen LogP contribution in [0.5, 0.6) is 0 Å². The second-order valence-corrected chi connectivity index (χ2v) is 5.62. The highest BCUT2D eigenvalue weighted by molar-refractivity contribution is 5.87. The van der Waals surface area contributed by atoms with Crippen LogP contribution in [0.3, 0.4) is 0 Å². The van der Waals surface area contributed by atoms with Gasteiger partial charge in [0.2, 0.25) is 0 Å². The van der Waals surface area contributed by atoms with E-state index >= 15 is 0 Å². The Hall–Kier alpha value is -2.24. The van der Waals surface area contributed by atoms with Crippen LogP contribution in [0.1, 0.15) is 27.5 Å². The van der Waals surface area contributed by atoms with Crippen molar-refractivity contribution in [2.75, 3.05) is 19.8 Å². The van der Waals surface area contributed by atoms with Crippen LogP contribution in [0.15, 0.2) is 48.5 Å². The van der Waals surface area contributed by atoms with Crippen LogP contribution in [0.25, 0.3) is 0 Å². The smallest absolute Gasteiger partial charge is 0.335 e. The molecule has 2 aromatic rings. The molecule has 23 heavy (non-hydrogen) atoms. The largest absolute Gasteiger partial charge is 0.478 e. The molecule has 5 heteroatoms. The summed E-state index contributed by atoms with van der Waals surface area (Å²) in [4.78, 5) is 13.3. The maximum absolute atomic E-state index is 13.1. The lowest BCUT2D eigenvalue weighted by Crippen LogP contribution is -2.39. The Labute approximate surface area is 134 Å². The number of nitrogens with zero attached hydrogens (tertiary/aromatic N) is 1. The molecule has 1 fully saturated rings. The van der Waals surface area contributed by atoms with E-state index < -0.39 is 5.97 Å². The number of carbonyl (C=O) groups is 1. The zero-order valence-corrected chi connectivity index (χ0v) is 12.6. The topological polar surface area (TPSA) is 49.8 Å². The number of rotatable bonds is 4. The van der Waals surface area contributed by atoms with Gasteiger partial charge in [-0.25, -0.2) is 9.18 Å². The molecule has 3 rings (SSSR count). The summed E-state index contributed by atoms with van der Waals surface area (Å²) >= 11 is 0. The van der Waals surface area contributed by atoms with E-state index in [9.17, 15) is 9.18 Å². The lowest BCUT2D eigenvalue weighted by molar-refractivity contribution is -0.0127. The standard InChI is InChI=1S/C18H18FNO3/c19-16-6-4-14(5-7-16)17-12-23-9-8-20(17)11-13-2-1-3-15(10-13)18(21)22/h1-7,10,17H,8-9,11-12H2,(H,21,22). The Balaban J connectivity index is 1.80. The zero-order valence-electron chi connectivity index (χ0n) is 12.6. The van der Waals surface area contributed by atoms with Gasteiger partial charge in [0.05, 0.1) is 24.8 Å². The highest BCUT2D eigenvalue weighted by atomic mass is 19.1. The quantitative estimate of drug-likeness (QED) is 0.942. The van der Waals surface area contributed by atoms with E-state index in [-0.39, 0.29) is 17.4 Å². The molecule has 4 nitrogen and oxygen atoms in total. The molecule has 1 heterocycles. The van der Waals surface area contributed by atoms with Crippen LogP contribution in [0.2, 0.25) is 0 Å². The van der Waals surface area contributed by atoms with E-state index in [4.69, 9.17) is 9.84 Å². The maximum atomic E-state index is 13.1. The van der Waals surface area contributed by atoms with Crippen molar-refractivity contribution in [2.24, 2.45) is 0 Å². The summed E-state index contributed by atoms with van der Waals surface area (Å²) in [5.74, 6) is -1.19. The molecular weight excluding hydrogens is 297 g/mol. The van der Waals surface area contributed by atoms with Crippen LogP contribution < -0.4 is 0 Å². The monoisotopic (exact) mass is 315 g/mol. The van der Waals surface area contributed by atoms with Crippen molar-refractivity contribution in [3.8, 4) is 0 Å². The maximum Gasteiger partial charge on any atom is 0.335 e. The molecule has 1 N–H and O–H groups in total. The SMILES string of the molecule is O=C(O)c1cccc(CN2CCOCC2c2ccc(F)cc2)c1. The van der Waals surface area contributed by atoms with Crippen molar-refractivity contribution >= 4 is 5.97 Å². The summed E-state index contributed by atoms with van der Waals surface area (Å²) in [7, 11) is 0. The molecule has 0 aliphatic carbocycles. The number of carboxylic acid groups (broad SMARTS) is 1. The van der Waals surface area contributed by atoms with Crippen molar-refractivity contribution in [1.82, 2.24) is 4.90 Å². The Morgan fingerprint density at radius 2 is 2.04 bits per heavy atom. The third-order valence-electron chi connectivity index (χ3n) is 4.05. The van der Waals surface area contributed by atoms with Gasteiger partial charge in [0.15, 0.2) is 0 Å². The van der Waals surface area contributed by atoms with Crippen molar-refractivity contribution in [1.29, 1.82) is 0 Å². The number of benzene rings is 2. The lowest BCUT2D eigenvalue weighted by atomic mass is 10.0. The minimum absolute atomic E-state index is 0.0397. The van der Waals surface area contributed by atoms with Crippen LogP contribution >= 0.6 is 0 Å². The predicted octanol–water partition coefficient (Wildman–Crippen LogP) is 3.10.